The fourth-order valence-electron chi connectivity index (χ4n) is 1.97. The first-order valence-electron chi connectivity index (χ1n) is 6.72. The lowest BCUT2D eigenvalue weighted by molar-refractivity contribution is -0.138. The Kier molecular flexibility index (Phi) is 5.39. The zero-order valence-electron chi connectivity index (χ0n) is 12.4. The first-order valence-corrected chi connectivity index (χ1v) is 6.72. The topological polar surface area (TPSA) is 55.1 Å². The minimum absolute atomic E-state index is 0.0107. The van der Waals surface area contributed by atoms with E-state index in [4.69, 9.17) is 5.73 Å². The molecule has 0 aromatic heterocycles. The van der Waals surface area contributed by atoms with Crippen LogP contribution in [0.1, 0.15) is 44.2 Å². The van der Waals surface area contributed by atoms with E-state index in [-0.39, 0.29) is 24.4 Å². The highest BCUT2D eigenvalue weighted by Gasteiger charge is 2.34. The molecule has 118 valence electrons. The molecule has 3 nitrogen and oxygen atoms in total. The quantitative estimate of drug-likeness (QED) is 0.878. The van der Waals surface area contributed by atoms with Gasteiger partial charge in [0.25, 0.3) is 0 Å². The predicted molar refractivity (Wildman–Crippen MR) is 75.8 cm³/mol. The fourth-order valence-corrected chi connectivity index (χ4v) is 1.97. The third kappa shape index (κ3) is 5.75. The van der Waals surface area contributed by atoms with E-state index in [0.29, 0.717) is 0 Å². The number of amides is 1. The number of rotatable bonds is 5. The molecule has 0 aliphatic rings. The van der Waals surface area contributed by atoms with Gasteiger partial charge >= 0.3 is 6.18 Å². The van der Waals surface area contributed by atoms with E-state index in [9.17, 15) is 18.0 Å². The van der Waals surface area contributed by atoms with Gasteiger partial charge in [-0.15, -0.1) is 0 Å². The zero-order valence-corrected chi connectivity index (χ0v) is 12.4. The maximum Gasteiger partial charge on any atom is 0.416 e. The predicted octanol–water partition coefficient (Wildman–Crippen LogP) is 3.05. The molecule has 1 amide bonds. The number of nitrogens with one attached hydrogen (secondary N) is 1. The van der Waals surface area contributed by atoms with Crippen LogP contribution >= 0.6 is 0 Å². The van der Waals surface area contributed by atoms with Gasteiger partial charge in [-0.05, 0) is 31.4 Å². The molecule has 0 fully saturated rings. The lowest BCUT2D eigenvalue weighted by Gasteiger charge is -2.21. The first kappa shape index (κ1) is 17.5. The normalized spacial score (nSPS) is 13.9. The minimum atomic E-state index is -4.42. The lowest BCUT2D eigenvalue weighted by atomic mass is 9.92. The molecule has 1 unspecified atom stereocenters. The summed E-state index contributed by atoms with van der Waals surface area (Å²) in [4.78, 5) is 11.8. The zero-order chi connectivity index (χ0) is 16.3. The second-order valence-electron chi connectivity index (χ2n) is 5.96. The Bertz CT molecular complexity index is 492. The minimum Gasteiger partial charge on any atom is -0.354 e. The molecule has 1 atom stereocenters. The van der Waals surface area contributed by atoms with E-state index in [1.165, 1.54) is 12.1 Å². The Labute approximate surface area is 122 Å². The molecule has 3 N–H and O–H groups in total. The van der Waals surface area contributed by atoms with E-state index in [2.05, 4.69) is 5.32 Å². The second kappa shape index (κ2) is 6.47. The Balaban J connectivity index is 2.77. The van der Waals surface area contributed by atoms with Crippen LogP contribution in [0.3, 0.4) is 0 Å². The number of hydrogen-bond donors (Lipinski definition) is 2. The van der Waals surface area contributed by atoms with E-state index in [0.717, 1.165) is 6.07 Å². The van der Waals surface area contributed by atoms with Gasteiger partial charge in [-0.1, -0.05) is 25.1 Å². The molecule has 0 saturated carbocycles. The number of carbonyl (C=O) groups is 1. The van der Waals surface area contributed by atoms with Crippen LogP contribution in [0.4, 0.5) is 13.2 Å². The van der Waals surface area contributed by atoms with E-state index in [1.807, 2.05) is 0 Å². The van der Waals surface area contributed by atoms with Gasteiger partial charge < -0.3 is 11.1 Å². The van der Waals surface area contributed by atoms with Gasteiger partial charge in [-0.25, -0.2) is 0 Å². The molecule has 0 heterocycles. The van der Waals surface area contributed by atoms with Crippen molar-refractivity contribution in [1.29, 1.82) is 0 Å². The standard InChI is InChI=1S/C15H21F3N2O/c1-10(8-13(21)20-9-14(2,3)19)11-6-4-5-7-12(11)15(16,17)18/h4-7,10H,8-9,19H2,1-3H3,(H,20,21). The molecule has 6 heteroatoms. The number of halogens is 3. The number of nitrogens with two attached hydrogens (primary N) is 1. The molecule has 0 bridgehead atoms. The number of alkyl halides is 3. The molecular weight excluding hydrogens is 281 g/mol. The Morgan fingerprint density at radius 2 is 1.86 bits per heavy atom. The summed E-state index contributed by atoms with van der Waals surface area (Å²) in [6.07, 6.45) is -4.43. The summed E-state index contributed by atoms with van der Waals surface area (Å²) in [5.74, 6) is -0.832. The molecule has 0 radical (unpaired) electrons. The maximum absolute atomic E-state index is 12.9. The van der Waals surface area contributed by atoms with Crippen LogP contribution in [-0.2, 0) is 11.0 Å². The number of carbonyl (C=O) groups excluding carboxylic acids is 1. The van der Waals surface area contributed by atoms with E-state index >= 15 is 0 Å². The summed E-state index contributed by atoms with van der Waals surface area (Å²) in [7, 11) is 0. The molecule has 0 saturated heterocycles. The number of benzene rings is 1. The average Bonchev–Trinajstić information content (AvgIpc) is 2.34. The largest absolute Gasteiger partial charge is 0.416 e. The van der Waals surface area contributed by atoms with Crippen molar-refractivity contribution in [2.45, 2.75) is 44.8 Å². The van der Waals surface area contributed by atoms with Crippen LogP contribution in [0.15, 0.2) is 24.3 Å². The Morgan fingerprint density at radius 3 is 2.38 bits per heavy atom. The molecule has 1 aromatic carbocycles. The summed E-state index contributed by atoms with van der Waals surface area (Å²) < 4.78 is 38.8. The Morgan fingerprint density at radius 1 is 1.29 bits per heavy atom. The average molecular weight is 302 g/mol. The Hall–Kier alpha value is -1.56. The fraction of sp³-hybridized carbons (Fsp3) is 0.533. The number of hydrogen-bond acceptors (Lipinski definition) is 2. The summed E-state index contributed by atoms with van der Waals surface area (Å²) in [5.41, 5.74) is 4.63. The second-order valence-corrected chi connectivity index (χ2v) is 5.96. The van der Waals surface area contributed by atoms with Crippen LogP contribution in [-0.4, -0.2) is 18.0 Å². The van der Waals surface area contributed by atoms with Gasteiger partial charge in [-0.2, -0.15) is 13.2 Å². The van der Waals surface area contributed by atoms with Crippen molar-refractivity contribution in [3.8, 4) is 0 Å². The summed E-state index contributed by atoms with van der Waals surface area (Å²) in [6.45, 7) is 5.41. The van der Waals surface area contributed by atoms with Crippen molar-refractivity contribution in [2.75, 3.05) is 6.54 Å². The van der Waals surface area contributed by atoms with E-state index in [1.54, 1.807) is 26.8 Å². The van der Waals surface area contributed by atoms with Crippen LogP contribution in [0.2, 0.25) is 0 Å². The van der Waals surface area contributed by atoms with Gasteiger partial charge in [0.2, 0.25) is 5.91 Å². The van der Waals surface area contributed by atoms with Gasteiger partial charge in [-0.3, -0.25) is 4.79 Å². The highest BCUT2D eigenvalue weighted by molar-refractivity contribution is 5.77. The third-order valence-corrected chi connectivity index (χ3v) is 3.03. The van der Waals surface area contributed by atoms with Gasteiger partial charge in [0.1, 0.15) is 0 Å². The smallest absolute Gasteiger partial charge is 0.354 e. The highest BCUT2D eigenvalue weighted by Crippen LogP contribution is 2.35. The van der Waals surface area contributed by atoms with E-state index < -0.39 is 23.2 Å². The SMILES string of the molecule is CC(CC(=O)NCC(C)(C)N)c1ccccc1C(F)(F)F. The van der Waals surface area contributed by atoms with Crippen molar-refractivity contribution in [2.24, 2.45) is 5.73 Å². The van der Waals surface area contributed by atoms with Crippen LogP contribution in [0.5, 0.6) is 0 Å². The summed E-state index contributed by atoms with van der Waals surface area (Å²) >= 11 is 0. The summed E-state index contributed by atoms with van der Waals surface area (Å²) in [5, 5.41) is 2.64. The molecule has 21 heavy (non-hydrogen) atoms. The van der Waals surface area contributed by atoms with Crippen LogP contribution < -0.4 is 11.1 Å². The van der Waals surface area contributed by atoms with Crippen molar-refractivity contribution in [3.05, 3.63) is 35.4 Å². The highest BCUT2D eigenvalue weighted by atomic mass is 19.4. The van der Waals surface area contributed by atoms with Crippen LogP contribution in [0.25, 0.3) is 0 Å². The monoisotopic (exact) mass is 302 g/mol. The third-order valence-electron chi connectivity index (χ3n) is 3.03. The van der Waals surface area contributed by atoms with Crippen molar-refractivity contribution >= 4 is 5.91 Å². The van der Waals surface area contributed by atoms with Gasteiger partial charge in [0.05, 0.1) is 5.56 Å². The molecular formula is C15H21F3N2O. The van der Waals surface area contributed by atoms with Crippen molar-refractivity contribution in [1.82, 2.24) is 5.32 Å². The van der Waals surface area contributed by atoms with Crippen molar-refractivity contribution < 1.29 is 18.0 Å². The molecule has 0 aliphatic carbocycles. The molecule has 0 spiro atoms. The summed E-state index contributed by atoms with van der Waals surface area (Å²) in [6, 6.07) is 5.33. The molecule has 1 rings (SSSR count). The maximum atomic E-state index is 12.9. The van der Waals surface area contributed by atoms with Gasteiger partial charge in [0, 0.05) is 18.5 Å². The molecule has 1 aromatic rings. The lowest BCUT2D eigenvalue weighted by Crippen LogP contribution is -2.45. The van der Waals surface area contributed by atoms with Gasteiger partial charge in [0.15, 0.2) is 0 Å². The van der Waals surface area contributed by atoms with Crippen LogP contribution in [0, 0.1) is 0 Å². The molecule has 0 aliphatic heterocycles. The first-order chi connectivity index (χ1) is 9.50. The van der Waals surface area contributed by atoms with Crippen molar-refractivity contribution in [3.63, 3.8) is 0 Å².